The molecule has 7 heteroatoms. The lowest BCUT2D eigenvalue weighted by Gasteiger charge is -2.40. The molecule has 2 unspecified atom stereocenters. The number of hydrogen-bond acceptors (Lipinski definition) is 5. The number of amides is 3. The van der Waals surface area contributed by atoms with Gasteiger partial charge in [0.25, 0.3) is 5.91 Å². The number of urea groups is 1. The number of imide groups is 1. The molecule has 0 aliphatic carbocycles. The Labute approximate surface area is 175 Å². The fourth-order valence-corrected chi connectivity index (χ4v) is 4.31. The molecule has 0 N–H and O–H groups in total. The van der Waals surface area contributed by atoms with Gasteiger partial charge in [-0.3, -0.25) is 19.5 Å². The Hall–Kier alpha value is -3.61. The second-order valence-electron chi connectivity index (χ2n) is 7.63. The lowest BCUT2D eigenvalue weighted by Crippen LogP contribution is -2.64. The summed E-state index contributed by atoms with van der Waals surface area (Å²) in [5, 5.41) is 0. The standard InChI is InChI=1S/C23H23N5O2/c1-3-14-26-21(29)19-20(25(2)23(26)30)24-22-27(19)15-18(16-10-6-4-7-11-16)28(22)17-12-8-5-9-13-17/h4-13,15,19-20H,3,14H2,1-2H3. The van der Waals surface area contributed by atoms with Crippen molar-refractivity contribution in [2.45, 2.75) is 25.6 Å². The Morgan fingerprint density at radius 3 is 2.30 bits per heavy atom. The van der Waals surface area contributed by atoms with E-state index >= 15 is 0 Å². The van der Waals surface area contributed by atoms with Crippen LogP contribution in [0.1, 0.15) is 18.9 Å². The van der Waals surface area contributed by atoms with Gasteiger partial charge in [0.05, 0.1) is 5.70 Å². The average Bonchev–Trinajstić information content (AvgIpc) is 3.33. The molecule has 3 aliphatic rings. The summed E-state index contributed by atoms with van der Waals surface area (Å²) >= 11 is 0. The largest absolute Gasteiger partial charge is 0.328 e. The van der Waals surface area contributed by atoms with E-state index in [9.17, 15) is 9.59 Å². The molecule has 2 aromatic carbocycles. The monoisotopic (exact) mass is 401 g/mol. The SMILES string of the molecule is CCCN1C(=O)C2C(N=C3N(c4ccccc4)C(c4ccccc4)=CN32)N(C)C1=O. The number of fused-ring (bicyclic) bond motifs is 3. The van der Waals surface area contributed by atoms with Gasteiger partial charge >= 0.3 is 6.03 Å². The summed E-state index contributed by atoms with van der Waals surface area (Å²) in [5.41, 5.74) is 2.95. The van der Waals surface area contributed by atoms with Crippen LogP contribution in [0.25, 0.3) is 5.70 Å². The van der Waals surface area contributed by atoms with Gasteiger partial charge in [-0.15, -0.1) is 0 Å². The second kappa shape index (κ2) is 7.02. The third-order valence-corrected chi connectivity index (χ3v) is 5.74. The third kappa shape index (κ3) is 2.62. The highest BCUT2D eigenvalue weighted by atomic mass is 16.2. The van der Waals surface area contributed by atoms with Gasteiger partial charge in [0.15, 0.2) is 12.2 Å². The third-order valence-electron chi connectivity index (χ3n) is 5.74. The van der Waals surface area contributed by atoms with Crippen molar-refractivity contribution in [1.82, 2.24) is 14.7 Å². The lowest BCUT2D eigenvalue weighted by molar-refractivity contribution is -0.136. The topological polar surface area (TPSA) is 59.5 Å². The number of anilines is 1. The number of hydrogen-bond donors (Lipinski definition) is 0. The van der Waals surface area contributed by atoms with Gasteiger partial charge < -0.3 is 4.90 Å². The van der Waals surface area contributed by atoms with Crippen molar-refractivity contribution in [3.8, 4) is 0 Å². The van der Waals surface area contributed by atoms with Gasteiger partial charge in [-0.1, -0.05) is 55.5 Å². The van der Waals surface area contributed by atoms with Gasteiger partial charge in [-0.2, -0.15) is 0 Å². The number of benzene rings is 2. The number of rotatable bonds is 4. The van der Waals surface area contributed by atoms with Crippen molar-refractivity contribution in [2.24, 2.45) is 4.99 Å². The summed E-state index contributed by atoms with van der Waals surface area (Å²) in [5.74, 6) is 0.476. The summed E-state index contributed by atoms with van der Waals surface area (Å²) in [7, 11) is 1.72. The molecule has 0 aromatic heterocycles. The maximum Gasteiger partial charge on any atom is 0.328 e. The predicted octanol–water partition coefficient (Wildman–Crippen LogP) is 3.18. The molecule has 2 aromatic rings. The summed E-state index contributed by atoms with van der Waals surface area (Å²) < 4.78 is 0. The molecule has 0 spiro atoms. The van der Waals surface area contributed by atoms with Crippen LogP contribution in [0.4, 0.5) is 10.5 Å². The number of carbonyl (C=O) groups excluding carboxylic acids is 2. The summed E-state index contributed by atoms with van der Waals surface area (Å²) in [6.45, 7) is 2.37. The van der Waals surface area contributed by atoms with Crippen LogP contribution in [-0.4, -0.2) is 58.4 Å². The first-order chi connectivity index (χ1) is 14.6. The molecule has 3 heterocycles. The maximum absolute atomic E-state index is 13.3. The minimum Gasteiger partial charge on any atom is -0.302 e. The minimum atomic E-state index is -0.554. The van der Waals surface area contributed by atoms with Gasteiger partial charge in [0, 0.05) is 31.0 Å². The molecule has 0 saturated carbocycles. The van der Waals surface area contributed by atoms with Crippen LogP contribution in [0.2, 0.25) is 0 Å². The Bertz CT molecular complexity index is 1050. The van der Waals surface area contributed by atoms with Gasteiger partial charge in [0.2, 0.25) is 5.96 Å². The van der Waals surface area contributed by atoms with Gasteiger partial charge in [0.1, 0.15) is 0 Å². The zero-order valence-electron chi connectivity index (χ0n) is 17.0. The quantitative estimate of drug-likeness (QED) is 0.790. The summed E-state index contributed by atoms with van der Waals surface area (Å²) in [6.07, 6.45) is 2.17. The first-order valence-corrected chi connectivity index (χ1v) is 10.2. The highest BCUT2D eigenvalue weighted by Crippen LogP contribution is 2.39. The zero-order valence-corrected chi connectivity index (χ0v) is 17.0. The molecule has 1 fully saturated rings. The molecule has 3 aliphatic heterocycles. The Morgan fingerprint density at radius 1 is 0.967 bits per heavy atom. The highest BCUT2D eigenvalue weighted by molar-refractivity contribution is 6.16. The second-order valence-corrected chi connectivity index (χ2v) is 7.63. The molecular formula is C23H23N5O2. The van der Waals surface area contributed by atoms with Crippen molar-refractivity contribution < 1.29 is 9.59 Å². The highest BCUT2D eigenvalue weighted by Gasteiger charge is 2.54. The predicted molar refractivity (Wildman–Crippen MR) is 115 cm³/mol. The normalized spacial score (nSPS) is 22.9. The van der Waals surface area contributed by atoms with Crippen molar-refractivity contribution in [1.29, 1.82) is 0 Å². The number of nitrogens with zero attached hydrogens (tertiary/aromatic N) is 5. The van der Waals surface area contributed by atoms with E-state index in [2.05, 4.69) is 4.90 Å². The van der Waals surface area contributed by atoms with Crippen molar-refractivity contribution >= 4 is 29.3 Å². The van der Waals surface area contributed by atoms with Crippen LogP contribution >= 0.6 is 0 Å². The van der Waals surface area contributed by atoms with Crippen molar-refractivity contribution in [3.63, 3.8) is 0 Å². The number of carbonyl (C=O) groups is 2. The fraction of sp³-hybridized carbons (Fsp3) is 0.261. The number of aliphatic imine (C=N–C) groups is 1. The number of para-hydroxylation sites is 1. The first-order valence-electron chi connectivity index (χ1n) is 10.2. The molecule has 0 bridgehead atoms. The van der Waals surface area contributed by atoms with Gasteiger partial charge in [-0.25, -0.2) is 9.79 Å². The summed E-state index contributed by atoms with van der Waals surface area (Å²) in [4.78, 5) is 37.8. The molecule has 0 radical (unpaired) electrons. The van der Waals surface area contributed by atoms with E-state index in [4.69, 9.17) is 4.99 Å². The van der Waals surface area contributed by atoms with Crippen molar-refractivity contribution in [2.75, 3.05) is 18.5 Å². The average molecular weight is 401 g/mol. The minimum absolute atomic E-state index is 0.192. The Balaban J connectivity index is 1.61. The van der Waals surface area contributed by atoms with Crippen LogP contribution in [0.15, 0.2) is 71.9 Å². The molecule has 3 amide bonds. The fourth-order valence-electron chi connectivity index (χ4n) is 4.31. The van der Waals surface area contributed by atoms with E-state index in [1.54, 1.807) is 11.9 Å². The van der Waals surface area contributed by atoms with E-state index in [0.29, 0.717) is 12.5 Å². The van der Waals surface area contributed by atoms with E-state index in [1.165, 1.54) is 4.90 Å². The Morgan fingerprint density at radius 2 is 1.63 bits per heavy atom. The maximum atomic E-state index is 13.3. The lowest BCUT2D eigenvalue weighted by atomic mass is 10.1. The van der Waals surface area contributed by atoms with Gasteiger partial charge in [-0.05, 0) is 18.6 Å². The molecule has 30 heavy (non-hydrogen) atoms. The molecular weight excluding hydrogens is 378 g/mol. The van der Waals surface area contributed by atoms with Crippen LogP contribution in [0.3, 0.4) is 0 Å². The molecule has 152 valence electrons. The van der Waals surface area contributed by atoms with Crippen LogP contribution in [-0.2, 0) is 4.79 Å². The van der Waals surface area contributed by atoms with Crippen LogP contribution in [0, 0.1) is 0 Å². The summed E-state index contributed by atoms with van der Waals surface area (Å²) in [6, 6.07) is 19.2. The molecule has 5 rings (SSSR count). The van der Waals surface area contributed by atoms with E-state index in [1.807, 2.05) is 78.7 Å². The molecule has 7 nitrogen and oxygen atoms in total. The van der Waals surface area contributed by atoms with E-state index < -0.39 is 12.2 Å². The number of likely N-dealkylation sites (N-methyl/N-ethyl adjacent to an activating group) is 1. The Kier molecular flexibility index (Phi) is 4.31. The first kappa shape index (κ1) is 18.4. The smallest absolute Gasteiger partial charge is 0.302 e. The number of guanidine groups is 1. The van der Waals surface area contributed by atoms with Crippen LogP contribution < -0.4 is 4.90 Å². The molecule has 2 atom stereocenters. The molecule has 1 saturated heterocycles. The zero-order chi connectivity index (χ0) is 20.8. The van der Waals surface area contributed by atoms with Crippen LogP contribution in [0.5, 0.6) is 0 Å². The van der Waals surface area contributed by atoms with E-state index in [0.717, 1.165) is 23.4 Å². The van der Waals surface area contributed by atoms with Crippen molar-refractivity contribution in [3.05, 3.63) is 72.4 Å². The van der Waals surface area contributed by atoms with E-state index in [-0.39, 0.29) is 11.9 Å².